The van der Waals surface area contributed by atoms with E-state index in [2.05, 4.69) is 34.5 Å². The molecule has 1 fully saturated rings. The quantitative estimate of drug-likeness (QED) is 0.286. The van der Waals surface area contributed by atoms with Crippen LogP contribution in [0.1, 0.15) is 33.4 Å². The highest BCUT2D eigenvalue weighted by molar-refractivity contribution is 7.60. The maximum Gasteiger partial charge on any atom is 0.481 e. The molecule has 0 spiro atoms. The summed E-state index contributed by atoms with van der Waals surface area (Å²) in [6.07, 6.45) is -2.34. The number of aliphatic hydroxyl groups is 1. The molecule has 0 saturated carbocycles. The molecule has 16 heteroatoms. The molecule has 1 aromatic heterocycles. The summed E-state index contributed by atoms with van der Waals surface area (Å²) in [6, 6.07) is 1.04. The van der Waals surface area contributed by atoms with Crippen LogP contribution in [0.2, 0.25) is 0 Å². The number of nitrogens with one attached hydrogen (secondary N) is 1. The maximum absolute atomic E-state index is 11.6. The van der Waals surface area contributed by atoms with E-state index < -0.39 is 51.9 Å². The van der Waals surface area contributed by atoms with E-state index in [0.717, 1.165) is 16.8 Å². The molecule has 1 aromatic rings. The van der Waals surface area contributed by atoms with Crippen LogP contribution in [-0.2, 0) is 22.7 Å². The van der Waals surface area contributed by atoms with Crippen molar-refractivity contribution in [3.8, 4) is 0 Å². The van der Waals surface area contributed by atoms with E-state index in [0.29, 0.717) is 0 Å². The van der Waals surface area contributed by atoms with Crippen molar-refractivity contribution in [1.29, 1.82) is 0 Å². The summed E-state index contributed by atoms with van der Waals surface area (Å²) >= 11 is 0. The van der Waals surface area contributed by atoms with Crippen molar-refractivity contribution < 1.29 is 42.5 Å². The highest BCUT2D eigenvalue weighted by atomic mass is 31.3. The second-order valence-corrected chi connectivity index (χ2v) is 9.25. The summed E-state index contributed by atoms with van der Waals surface area (Å²) < 4.78 is 36.0. The van der Waals surface area contributed by atoms with Crippen LogP contribution in [-0.4, -0.2) is 72.7 Å². The first-order valence-electron chi connectivity index (χ1n) is 9.43. The monoisotopic (exact) mass is 489 g/mol. The molecule has 180 valence electrons. The zero-order valence-corrected chi connectivity index (χ0v) is 19.1. The lowest BCUT2D eigenvalue weighted by Gasteiger charge is -2.18. The second kappa shape index (κ2) is 12.2. The first kappa shape index (κ1) is 27.9. The van der Waals surface area contributed by atoms with Gasteiger partial charge in [-0.1, -0.05) is 20.8 Å². The van der Waals surface area contributed by atoms with E-state index in [1.54, 1.807) is 0 Å². The number of H-pyrrole nitrogens is 1. The largest absolute Gasteiger partial charge is 0.481 e. The fourth-order valence-corrected chi connectivity index (χ4v) is 4.34. The van der Waals surface area contributed by atoms with E-state index in [4.69, 9.17) is 19.4 Å². The standard InChI is InChI=1S/C9H14N2O11P2.C6H15N/c12-6-3-5(4-20-24(18,19)22-23(15,16)17)21-8(6)11-2-1-7(13)10-9(11)14;1-4-7(5-2)6-3/h1-2,5-6,8,12H,3-4H2,(H,18,19)(H,10,13,14)(H2,15,16,17);4-6H2,1-3H3/t5-,6+,8+;/m0./s1. The Morgan fingerprint density at radius 3 is 2.23 bits per heavy atom. The fourth-order valence-electron chi connectivity index (χ4n) is 2.72. The van der Waals surface area contributed by atoms with Crippen molar-refractivity contribution in [1.82, 2.24) is 14.5 Å². The summed E-state index contributed by atoms with van der Waals surface area (Å²) in [7, 11) is -10.3. The van der Waals surface area contributed by atoms with Crippen molar-refractivity contribution in [3.63, 3.8) is 0 Å². The van der Waals surface area contributed by atoms with E-state index >= 15 is 0 Å². The predicted octanol–water partition coefficient (Wildman–Crippen LogP) is -0.241. The van der Waals surface area contributed by atoms with Gasteiger partial charge in [0.25, 0.3) is 5.56 Å². The molecule has 1 aliphatic heterocycles. The zero-order chi connectivity index (χ0) is 23.8. The zero-order valence-electron chi connectivity index (χ0n) is 17.4. The van der Waals surface area contributed by atoms with Gasteiger partial charge in [-0.3, -0.25) is 18.9 Å². The van der Waals surface area contributed by atoms with Gasteiger partial charge in [-0.2, -0.15) is 4.31 Å². The Hall–Kier alpha value is -1.18. The molecule has 0 amide bonds. The Morgan fingerprint density at radius 1 is 1.19 bits per heavy atom. The number of aromatic amines is 1. The van der Waals surface area contributed by atoms with E-state index in [1.807, 2.05) is 4.98 Å². The number of rotatable bonds is 9. The average Bonchev–Trinajstić information content (AvgIpc) is 3.01. The number of aromatic nitrogens is 2. The van der Waals surface area contributed by atoms with Gasteiger partial charge in [-0.25, -0.2) is 13.9 Å². The highest BCUT2D eigenvalue weighted by Gasteiger charge is 2.39. The van der Waals surface area contributed by atoms with Gasteiger partial charge in [-0.05, 0) is 19.6 Å². The van der Waals surface area contributed by atoms with Crippen molar-refractivity contribution in [3.05, 3.63) is 33.1 Å². The summed E-state index contributed by atoms with van der Waals surface area (Å²) in [5.41, 5.74) is -1.47. The van der Waals surface area contributed by atoms with Crippen LogP contribution in [0, 0.1) is 0 Å². The number of ether oxygens (including phenoxy) is 1. The smallest absolute Gasteiger partial charge is 0.388 e. The molecule has 31 heavy (non-hydrogen) atoms. The van der Waals surface area contributed by atoms with E-state index in [-0.39, 0.29) is 6.42 Å². The minimum absolute atomic E-state index is 0.105. The molecular weight excluding hydrogens is 460 g/mol. The Labute approximate surface area is 178 Å². The van der Waals surface area contributed by atoms with Gasteiger partial charge < -0.3 is 29.4 Å². The minimum Gasteiger partial charge on any atom is -0.388 e. The van der Waals surface area contributed by atoms with Gasteiger partial charge in [0.15, 0.2) is 6.23 Å². The maximum atomic E-state index is 11.6. The van der Waals surface area contributed by atoms with Crippen LogP contribution in [0.4, 0.5) is 0 Å². The molecule has 1 aliphatic rings. The lowest BCUT2D eigenvalue weighted by molar-refractivity contribution is -0.0524. The lowest BCUT2D eigenvalue weighted by Crippen LogP contribution is -2.34. The third-order valence-corrected chi connectivity index (χ3v) is 6.42. The van der Waals surface area contributed by atoms with Crippen LogP contribution in [0.25, 0.3) is 0 Å². The van der Waals surface area contributed by atoms with Gasteiger partial charge in [0, 0.05) is 18.7 Å². The molecule has 14 nitrogen and oxygen atoms in total. The molecule has 4 atom stereocenters. The summed E-state index contributed by atoms with van der Waals surface area (Å²) in [5, 5.41) is 9.90. The van der Waals surface area contributed by atoms with Crippen molar-refractivity contribution in [2.45, 2.75) is 45.6 Å². The Kier molecular flexibility index (Phi) is 10.9. The number of nitrogens with zero attached hydrogens (tertiary/aromatic N) is 2. The van der Waals surface area contributed by atoms with Crippen molar-refractivity contribution >= 4 is 15.6 Å². The molecule has 5 N–H and O–H groups in total. The summed E-state index contributed by atoms with van der Waals surface area (Å²) in [5.74, 6) is 0. The van der Waals surface area contributed by atoms with Crippen LogP contribution in [0.5, 0.6) is 0 Å². The topological polar surface area (TPSA) is 201 Å². The first-order chi connectivity index (χ1) is 14.3. The average molecular weight is 489 g/mol. The Morgan fingerprint density at radius 2 is 1.77 bits per heavy atom. The van der Waals surface area contributed by atoms with Crippen LogP contribution in [0.3, 0.4) is 0 Å². The van der Waals surface area contributed by atoms with Crippen molar-refractivity contribution in [2.24, 2.45) is 0 Å². The Balaban J connectivity index is 0.000000592. The third kappa shape index (κ3) is 9.87. The number of phosphoric ester groups is 1. The van der Waals surface area contributed by atoms with Gasteiger partial charge in [0.05, 0.1) is 12.7 Å². The van der Waals surface area contributed by atoms with Crippen molar-refractivity contribution in [2.75, 3.05) is 26.2 Å². The fraction of sp³-hybridized carbons (Fsp3) is 0.733. The molecule has 0 bridgehead atoms. The molecule has 2 rings (SSSR count). The molecule has 0 radical (unpaired) electrons. The Bertz CT molecular complexity index is 889. The number of hydrogen-bond donors (Lipinski definition) is 5. The molecular formula is C15H29N3O11P2. The van der Waals surface area contributed by atoms with Gasteiger partial charge in [0.2, 0.25) is 0 Å². The van der Waals surface area contributed by atoms with E-state index in [1.165, 1.54) is 19.6 Å². The highest BCUT2D eigenvalue weighted by Crippen LogP contribution is 2.57. The molecule has 0 aromatic carbocycles. The predicted molar refractivity (Wildman–Crippen MR) is 108 cm³/mol. The van der Waals surface area contributed by atoms with Crippen LogP contribution in [0.15, 0.2) is 21.9 Å². The molecule has 1 unspecified atom stereocenters. The number of aliphatic hydroxyl groups excluding tert-OH is 1. The second-order valence-electron chi connectivity index (χ2n) is 6.43. The van der Waals surface area contributed by atoms with Gasteiger partial charge in [0.1, 0.15) is 6.10 Å². The van der Waals surface area contributed by atoms with E-state index in [9.17, 15) is 23.8 Å². The van der Waals surface area contributed by atoms with Gasteiger partial charge >= 0.3 is 21.3 Å². The summed E-state index contributed by atoms with van der Waals surface area (Å²) in [6.45, 7) is 9.49. The third-order valence-electron chi connectivity index (χ3n) is 4.27. The summed E-state index contributed by atoms with van der Waals surface area (Å²) in [4.78, 5) is 53.1. The molecule has 0 aliphatic carbocycles. The lowest BCUT2D eigenvalue weighted by atomic mass is 10.2. The minimum atomic E-state index is -5.24. The SMILES string of the molecule is CCN(CC)CC.O=c1ccn([C@@H]2O[C@H](COP(=O)(O)OP(=O)(O)O)C[C@H]2O)c(=O)[nH]1. The molecule has 2 heterocycles. The van der Waals surface area contributed by atoms with Crippen LogP contribution < -0.4 is 11.2 Å². The number of phosphoric acid groups is 2. The first-order valence-corrected chi connectivity index (χ1v) is 12.5. The number of hydrogen-bond acceptors (Lipinski definition) is 9. The van der Waals surface area contributed by atoms with Gasteiger partial charge in [-0.15, -0.1) is 0 Å². The molecule has 1 saturated heterocycles. The van der Waals surface area contributed by atoms with Crippen LogP contribution >= 0.6 is 15.6 Å². The normalized spacial score (nSPS) is 23.3.